The summed E-state index contributed by atoms with van der Waals surface area (Å²) in [7, 11) is 2.02. The van der Waals surface area contributed by atoms with E-state index in [0.29, 0.717) is 4.99 Å². The van der Waals surface area contributed by atoms with E-state index in [4.69, 9.17) is 18.0 Å². The van der Waals surface area contributed by atoms with Gasteiger partial charge in [-0.2, -0.15) is 0 Å². The van der Waals surface area contributed by atoms with Crippen molar-refractivity contribution in [3.63, 3.8) is 0 Å². The number of thiocarbonyl (C=S) groups is 1. The zero-order valence-corrected chi connectivity index (χ0v) is 11.1. The van der Waals surface area contributed by atoms with Gasteiger partial charge in [-0.25, -0.2) is 4.98 Å². The van der Waals surface area contributed by atoms with Crippen LogP contribution in [0.1, 0.15) is 11.1 Å². The molecule has 0 radical (unpaired) electrons. The van der Waals surface area contributed by atoms with Crippen molar-refractivity contribution in [1.82, 2.24) is 4.98 Å². The first-order chi connectivity index (χ1) is 8.16. The molecule has 5 heteroatoms. The van der Waals surface area contributed by atoms with E-state index in [0.717, 1.165) is 17.2 Å². The molecular weight excluding hydrogens is 250 g/mol. The maximum absolute atomic E-state index is 5.62. The lowest BCUT2D eigenvalue weighted by molar-refractivity contribution is 0.914. The molecule has 0 aliphatic heterocycles. The minimum Gasteiger partial charge on any atom is -0.389 e. The number of thiazole rings is 1. The standard InChI is InChI=1S/C12H13N3S2/c1-15(12-14-5-6-17-12)8-9-3-2-4-10(7-9)11(13)16/h2-7H,8H2,1H3,(H2,13,16). The molecule has 2 N–H and O–H groups in total. The Hall–Kier alpha value is -1.46. The highest BCUT2D eigenvalue weighted by molar-refractivity contribution is 7.80. The van der Waals surface area contributed by atoms with Crippen molar-refractivity contribution >= 4 is 33.7 Å². The highest BCUT2D eigenvalue weighted by atomic mass is 32.1. The number of benzene rings is 1. The zero-order valence-electron chi connectivity index (χ0n) is 9.46. The minimum atomic E-state index is 0.434. The second-order valence-corrected chi connectivity index (χ2v) is 5.05. The summed E-state index contributed by atoms with van der Waals surface area (Å²) in [6.45, 7) is 0.796. The van der Waals surface area contributed by atoms with Crippen LogP contribution in [-0.2, 0) is 6.54 Å². The molecule has 88 valence electrons. The van der Waals surface area contributed by atoms with Gasteiger partial charge in [-0.3, -0.25) is 0 Å². The molecule has 0 saturated carbocycles. The van der Waals surface area contributed by atoms with Gasteiger partial charge in [0.25, 0.3) is 0 Å². The Balaban J connectivity index is 2.13. The Morgan fingerprint density at radius 1 is 1.53 bits per heavy atom. The maximum Gasteiger partial charge on any atom is 0.185 e. The largest absolute Gasteiger partial charge is 0.389 e. The van der Waals surface area contributed by atoms with E-state index in [9.17, 15) is 0 Å². The predicted octanol–water partition coefficient (Wildman–Crippen LogP) is 2.41. The van der Waals surface area contributed by atoms with Crippen LogP contribution in [-0.4, -0.2) is 17.0 Å². The molecule has 2 aromatic rings. The van der Waals surface area contributed by atoms with E-state index in [2.05, 4.69) is 16.0 Å². The van der Waals surface area contributed by atoms with E-state index in [-0.39, 0.29) is 0 Å². The Morgan fingerprint density at radius 3 is 3.00 bits per heavy atom. The van der Waals surface area contributed by atoms with Crippen LogP contribution in [0, 0.1) is 0 Å². The van der Waals surface area contributed by atoms with Crippen molar-refractivity contribution in [2.75, 3.05) is 11.9 Å². The lowest BCUT2D eigenvalue weighted by atomic mass is 10.1. The smallest absolute Gasteiger partial charge is 0.185 e. The van der Waals surface area contributed by atoms with Crippen molar-refractivity contribution in [2.45, 2.75) is 6.54 Å². The van der Waals surface area contributed by atoms with E-state index in [1.807, 2.05) is 36.8 Å². The molecule has 0 fully saturated rings. The summed E-state index contributed by atoms with van der Waals surface area (Å²) in [6.07, 6.45) is 1.81. The number of rotatable bonds is 4. The van der Waals surface area contributed by atoms with Crippen molar-refractivity contribution in [2.24, 2.45) is 5.73 Å². The van der Waals surface area contributed by atoms with Gasteiger partial charge in [0.05, 0.1) is 0 Å². The number of nitrogens with zero attached hydrogens (tertiary/aromatic N) is 2. The highest BCUT2D eigenvalue weighted by Gasteiger charge is 2.05. The third-order valence-electron chi connectivity index (χ3n) is 2.38. The van der Waals surface area contributed by atoms with Crippen LogP contribution in [0.3, 0.4) is 0 Å². The fraction of sp³-hybridized carbons (Fsp3) is 0.167. The van der Waals surface area contributed by atoms with Gasteiger partial charge in [-0.1, -0.05) is 30.4 Å². The topological polar surface area (TPSA) is 42.1 Å². The normalized spacial score (nSPS) is 10.2. The third-order valence-corrected chi connectivity index (χ3v) is 3.50. The lowest BCUT2D eigenvalue weighted by Crippen LogP contribution is -2.17. The molecule has 1 heterocycles. The van der Waals surface area contributed by atoms with Gasteiger partial charge < -0.3 is 10.6 Å². The Kier molecular flexibility index (Phi) is 3.71. The average Bonchev–Trinajstić information content (AvgIpc) is 2.82. The van der Waals surface area contributed by atoms with E-state index in [1.165, 1.54) is 5.56 Å². The summed E-state index contributed by atoms with van der Waals surface area (Å²) in [5.74, 6) is 0. The van der Waals surface area contributed by atoms with E-state index < -0.39 is 0 Å². The quantitative estimate of drug-likeness (QED) is 0.860. The molecule has 2 rings (SSSR count). The summed E-state index contributed by atoms with van der Waals surface area (Å²) in [5, 5.41) is 2.97. The molecule has 3 nitrogen and oxygen atoms in total. The number of anilines is 1. The van der Waals surface area contributed by atoms with E-state index in [1.54, 1.807) is 11.3 Å². The van der Waals surface area contributed by atoms with Crippen molar-refractivity contribution in [3.8, 4) is 0 Å². The van der Waals surface area contributed by atoms with Crippen molar-refractivity contribution in [1.29, 1.82) is 0 Å². The summed E-state index contributed by atoms with van der Waals surface area (Å²) >= 11 is 6.59. The predicted molar refractivity (Wildman–Crippen MR) is 76.6 cm³/mol. The highest BCUT2D eigenvalue weighted by Crippen LogP contribution is 2.18. The summed E-state index contributed by atoms with van der Waals surface area (Å²) in [6, 6.07) is 7.98. The fourth-order valence-corrected chi connectivity index (χ4v) is 2.31. The van der Waals surface area contributed by atoms with Gasteiger partial charge in [0.15, 0.2) is 5.13 Å². The van der Waals surface area contributed by atoms with Gasteiger partial charge in [0, 0.05) is 30.7 Å². The number of aromatic nitrogens is 1. The summed E-state index contributed by atoms with van der Waals surface area (Å²) < 4.78 is 0. The molecule has 0 spiro atoms. The molecule has 0 aliphatic carbocycles. The lowest BCUT2D eigenvalue weighted by Gasteiger charge is -2.16. The fourth-order valence-electron chi connectivity index (χ4n) is 1.57. The Labute approximate surface area is 110 Å². The molecule has 0 amide bonds. The molecule has 0 bridgehead atoms. The van der Waals surface area contributed by atoms with Gasteiger partial charge in [0.2, 0.25) is 0 Å². The third kappa shape index (κ3) is 3.01. The Morgan fingerprint density at radius 2 is 2.35 bits per heavy atom. The van der Waals surface area contributed by atoms with Crippen LogP contribution in [0.2, 0.25) is 0 Å². The summed E-state index contributed by atoms with van der Waals surface area (Å²) in [5.41, 5.74) is 7.70. The number of nitrogens with two attached hydrogens (primary N) is 1. The first-order valence-electron chi connectivity index (χ1n) is 5.16. The van der Waals surface area contributed by atoms with Crippen LogP contribution < -0.4 is 10.6 Å². The van der Waals surface area contributed by atoms with Gasteiger partial charge in [-0.15, -0.1) is 11.3 Å². The Bertz CT molecular complexity index is 508. The van der Waals surface area contributed by atoms with Crippen LogP contribution in [0.25, 0.3) is 0 Å². The molecular formula is C12H13N3S2. The van der Waals surface area contributed by atoms with Crippen LogP contribution in [0.5, 0.6) is 0 Å². The van der Waals surface area contributed by atoms with Gasteiger partial charge in [0.1, 0.15) is 4.99 Å². The molecule has 0 atom stereocenters. The zero-order chi connectivity index (χ0) is 12.3. The number of hydrogen-bond acceptors (Lipinski definition) is 4. The second kappa shape index (κ2) is 5.25. The van der Waals surface area contributed by atoms with Crippen LogP contribution >= 0.6 is 23.6 Å². The molecule has 1 aromatic carbocycles. The molecule has 1 aromatic heterocycles. The van der Waals surface area contributed by atoms with Crippen molar-refractivity contribution < 1.29 is 0 Å². The van der Waals surface area contributed by atoms with Crippen molar-refractivity contribution in [3.05, 3.63) is 47.0 Å². The van der Waals surface area contributed by atoms with Gasteiger partial charge in [-0.05, 0) is 11.6 Å². The second-order valence-electron chi connectivity index (χ2n) is 3.74. The molecule has 17 heavy (non-hydrogen) atoms. The maximum atomic E-state index is 5.62. The summed E-state index contributed by atoms with van der Waals surface area (Å²) in [4.78, 5) is 6.80. The average molecular weight is 263 g/mol. The monoisotopic (exact) mass is 263 g/mol. The SMILES string of the molecule is CN(Cc1cccc(C(N)=S)c1)c1nccs1. The van der Waals surface area contributed by atoms with Gasteiger partial charge >= 0.3 is 0 Å². The number of hydrogen-bond donors (Lipinski definition) is 1. The van der Waals surface area contributed by atoms with E-state index >= 15 is 0 Å². The van der Waals surface area contributed by atoms with Crippen LogP contribution in [0.4, 0.5) is 5.13 Å². The minimum absolute atomic E-state index is 0.434. The molecule has 0 saturated heterocycles. The first-order valence-corrected chi connectivity index (χ1v) is 6.45. The first kappa shape index (κ1) is 12.0. The molecule has 0 unspecified atom stereocenters. The molecule has 0 aliphatic rings. The van der Waals surface area contributed by atoms with Crippen LogP contribution in [0.15, 0.2) is 35.8 Å².